The van der Waals surface area contributed by atoms with E-state index in [9.17, 15) is 18.4 Å². The molecule has 0 bridgehead atoms. The predicted octanol–water partition coefficient (Wildman–Crippen LogP) is 3.76. The van der Waals surface area contributed by atoms with Crippen molar-refractivity contribution in [2.75, 3.05) is 13.2 Å². The lowest BCUT2D eigenvalue weighted by atomic mass is 9.96. The van der Waals surface area contributed by atoms with Gasteiger partial charge >= 0.3 is 0 Å². The molecule has 1 aliphatic carbocycles. The van der Waals surface area contributed by atoms with E-state index in [-0.39, 0.29) is 23.7 Å². The minimum absolute atomic E-state index is 0.0256. The number of nitrogens with zero attached hydrogens (tertiary/aromatic N) is 2. The van der Waals surface area contributed by atoms with Crippen LogP contribution in [0.4, 0.5) is 8.78 Å². The van der Waals surface area contributed by atoms with Crippen LogP contribution >= 0.6 is 11.6 Å². The molecule has 32 heavy (non-hydrogen) atoms. The maximum atomic E-state index is 14.2. The molecular formula is C23H22ClF2N3O3. The molecule has 2 aromatic rings. The summed E-state index contributed by atoms with van der Waals surface area (Å²) >= 11 is 5.61. The Morgan fingerprint density at radius 2 is 2.19 bits per heavy atom. The van der Waals surface area contributed by atoms with Crippen LogP contribution in [0.2, 0.25) is 5.02 Å². The van der Waals surface area contributed by atoms with Gasteiger partial charge in [0.25, 0.3) is 5.91 Å². The maximum absolute atomic E-state index is 14.2. The smallest absolute Gasteiger partial charge is 0.257 e. The predicted molar refractivity (Wildman–Crippen MR) is 115 cm³/mol. The molecule has 6 nitrogen and oxygen atoms in total. The summed E-state index contributed by atoms with van der Waals surface area (Å²) in [5.41, 5.74) is 0.969. The Bertz CT molecular complexity index is 1220. The Labute approximate surface area is 188 Å². The molecule has 1 amide bonds. The summed E-state index contributed by atoms with van der Waals surface area (Å²) in [7, 11) is 0. The average Bonchev–Trinajstić information content (AvgIpc) is 3.40. The van der Waals surface area contributed by atoms with Crippen LogP contribution in [0.1, 0.15) is 52.5 Å². The first kappa shape index (κ1) is 21.2. The van der Waals surface area contributed by atoms with Crippen LogP contribution < -0.4 is 10.7 Å². The highest BCUT2D eigenvalue weighted by Gasteiger charge is 2.56. The zero-order chi connectivity index (χ0) is 22.8. The number of amides is 1. The van der Waals surface area contributed by atoms with Gasteiger partial charge in [0.05, 0.1) is 24.0 Å². The molecule has 168 valence electrons. The molecule has 2 aliphatic heterocycles. The van der Waals surface area contributed by atoms with Gasteiger partial charge in [-0.1, -0.05) is 24.2 Å². The van der Waals surface area contributed by atoms with Gasteiger partial charge in [-0.2, -0.15) is 0 Å². The van der Waals surface area contributed by atoms with Crippen molar-refractivity contribution >= 4 is 23.2 Å². The molecule has 9 heteroatoms. The Balaban J connectivity index is 1.51. The van der Waals surface area contributed by atoms with Crippen molar-refractivity contribution in [3.8, 4) is 0 Å². The monoisotopic (exact) mass is 461 g/mol. The zero-order valence-electron chi connectivity index (χ0n) is 17.5. The van der Waals surface area contributed by atoms with Crippen LogP contribution in [0.5, 0.6) is 0 Å². The van der Waals surface area contributed by atoms with E-state index in [2.05, 4.69) is 16.8 Å². The Hall–Kier alpha value is -2.71. The lowest BCUT2D eigenvalue weighted by Crippen LogP contribution is -2.52. The van der Waals surface area contributed by atoms with Crippen LogP contribution in [0.3, 0.4) is 0 Å². The molecule has 0 radical (unpaired) electrons. The molecule has 1 aromatic heterocycles. The number of ether oxygens (including phenoxy) is 1. The Morgan fingerprint density at radius 3 is 2.97 bits per heavy atom. The maximum Gasteiger partial charge on any atom is 0.257 e. The topological polar surface area (TPSA) is 63.6 Å². The SMILES string of the molecule is C=C1c2c(C)c(=O)c(C(=O)NCc3ccc(F)c(Cl)c3F)cn2[C@H]2CCC[C@]23OCCN13. The number of benzene rings is 1. The van der Waals surface area contributed by atoms with E-state index in [0.29, 0.717) is 12.2 Å². The van der Waals surface area contributed by atoms with Gasteiger partial charge in [-0.15, -0.1) is 0 Å². The third-order valence-electron chi connectivity index (χ3n) is 6.86. The number of hydrogen-bond acceptors (Lipinski definition) is 4. The van der Waals surface area contributed by atoms with Crippen molar-refractivity contribution in [3.05, 3.63) is 74.2 Å². The number of fused-ring (bicyclic) bond motifs is 2. The molecule has 1 saturated heterocycles. The normalized spacial score (nSPS) is 23.7. The summed E-state index contributed by atoms with van der Waals surface area (Å²) in [4.78, 5) is 28.2. The number of nitrogens with one attached hydrogen (secondary N) is 1. The van der Waals surface area contributed by atoms with Crippen LogP contribution in [-0.4, -0.2) is 34.3 Å². The second kappa shape index (κ2) is 7.42. The molecule has 1 saturated carbocycles. The fraction of sp³-hybridized carbons (Fsp3) is 0.391. The minimum atomic E-state index is -0.937. The van der Waals surface area contributed by atoms with E-state index in [4.69, 9.17) is 16.3 Å². The van der Waals surface area contributed by atoms with Crippen molar-refractivity contribution in [1.82, 2.24) is 14.8 Å². The number of hydrogen-bond donors (Lipinski definition) is 1. The lowest BCUT2D eigenvalue weighted by Gasteiger charge is -2.47. The summed E-state index contributed by atoms with van der Waals surface area (Å²) in [6.07, 6.45) is 4.24. The molecule has 3 aliphatic rings. The largest absolute Gasteiger partial charge is 0.352 e. The van der Waals surface area contributed by atoms with Gasteiger partial charge in [0, 0.05) is 30.4 Å². The zero-order valence-corrected chi connectivity index (χ0v) is 18.3. The first-order chi connectivity index (χ1) is 15.3. The summed E-state index contributed by atoms with van der Waals surface area (Å²) in [5, 5.41) is 1.92. The van der Waals surface area contributed by atoms with Crippen molar-refractivity contribution in [2.45, 2.75) is 44.5 Å². The number of aromatic nitrogens is 1. The highest BCUT2D eigenvalue weighted by Crippen LogP contribution is 2.53. The lowest BCUT2D eigenvalue weighted by molar-refractivity contribution is -0.0898. The number of pyridine rings is 1. The average molecular weight is 462 g/mol. The molecule has 1 spiro atoms. The molecule has 1 aromatic carbocycles. The van der Waals surface area contributed by atoms with Crippen molar-refractivity contribution < 1.29 is 18.3 Å². The Morgan fingerprint density at radius 1 is 1.41 bits per heavy atom. The van der Waals surface area contributed by atoms with Gasteiger partial charge < -0.3 is 19.5 Å². The summed E-state index contributed by atoms with van der Waals surface area (Å²) < 4.78 is 35.7. The number of rotatable bonds is 3. The number of carbonyl (C=O) groups excluding carboxylic acids is 1. The Kier molecular flexibility index (Phi) is 4.90. The molecule has 2 atom stereocenters. The summed E-state index contributed by atoms with van der Waals surface area (Å²) in [5.74, 6) is -2.45. The molecule has 0 unspecified atom stereocenters. The van der Waals surface area contributed by atoms with Gasteiger partial charge in [0.2, 0.25) is 0 Å². The summed E-state index contributed by atoms with van der Waals surface area (Å²) in [6, 6.07) is 2.20. The van der Waals surface area contributed by atoms with Crippen molar-refractivity contribution in [1.29, 1.82) is 0 Å². The number of halogens is 3. The van der Waals surface area contributed by atoms with Crippen LogP contribution in [0.25, 0.3) is 5.70 Å². The molecule has 5 rings (SSSR count). The number of carbonyl (C=O) groups is 1. The van der Waals surface area contributed by atoms with Crippen LogP contribution in [0, 0.1) is 18.6 Å². The molecule has 3 heterocycles. The van der Waals surface area contributed by atoms with Crippen molar-refractivity contribution in [3.63, 3.8) is 0 Å². The first-order valence-corrected chi connectivity index (χ1v) is 10.9. The van der Waals surface area contributed by atoms with Gasteiger partial charge in [-0.25, -0.2) is 8.78 Å². The van der Waals surface area contributed by atoms with Gasteiger partial charge in [-0.3, -0.25) is 9.59 Å². The highest BCUT2D eigenvalue weighted by atomic mass is 35.5. The highest BCUT2D eigenvalue weighted by molar-refractivity contribution is 6.30. The van der Waals surface area contributed by atoms with E-state index in [0.717, 1.165) is 43.3 Å². The third-order valence-corrected chi connectivity index (χ3v) is 7.20. The molecule has 2 fully saturated rings. The van der Waals surface area contributed by atoms with E-state index < -0.39 is 33.7 Å². The van der Waals surface area contributed by atoms with E-state index in [1.807, 2.05) is 4.57 Å². The van der Waals surface area contributed by atoms with Gasteiger partial charge in [0.15, 0.2) is 11.2 Å². The van der Waals surface area contributed by atoms with E-state index in [1.54, 1.807) is 13.1 Å². The first-order valence-electron chi connectivity index (χ1n) is 10.5. The summed E-state index contributed by atoms with van der Waals surface area (Å²) in [6.45, 7) is 7.00. The van der Waals surface area contributed by atoms with E-state index >= 15 is 0 Å². The quantitative estimate of drug-likeness (QED) is 0.707. The third kappa shape index (κ3) is 2.85. The fourth-order valence-corrected chi connectivity index (χ4v) is 5.55. The second-order valence-corrected chi connectivity index (χ2v) is 8.85. The van der Waals surface area contributed by atoms with Crippen molar-refractivity contribution in [2.24, 2.45) is 0 Å². The van der Waals surface area contributed by atoms with Gasteiger partial charge in [0.1, 0.15) is 22.2 Å². The standard InChI is InChI=1S/C23H22ClF2N3O3/c1-12-20-13(2)29-8-9-32-23(29)7-3-4-17(23)28(20)11-15(21(12)30)22(31)27-10-14-5-6-16(25)18(24)19(14)26/h5-6,11,17H,2-4,7-10H2,1H3,(H,27,31)/t17-,23-/m0/s1. The molecule has 1 N–H and O–H groups in total. The van der Waals surface area contributed by atoms with E-state index in [1.165, 1.54) is 6.07 Å². The van der Waals surface area contributed by atoms with Crippen LogP contribution in [0.15, 0.2) is 29.7 Å². The van der Waals surface area contributed by atoms with Crippen LogP contribution in [-0.2, 0) is 11.3 Å². The second-order valence-electron chi connectivity index (χ2n) is 8.47. The van der Waals surface area contributed by atoms with Gasteiger partial charge in [-0.05, 0) is 32.3 Å². The fourth-order valence-electron chi connectivity index (χ4n) is 5.36. The molecular weight excluding hydrogens is 440 g/mol. The minimum Gasteiger partial charge on any atom is -0.352 e.